The monoisotopic (exact) mass is 338 g/mol. The fraction of sp³-hybridized carbons (Fsp3) is 0.200. The SMILES string of the molecule is CC(C)C(=O)COc1ccc(/C=C/C(=O)c2ccc(N)c(N)c2)cc1. The molecule has 0 aliphatic heterocycles. The van der Waals surface area contributed by atoms with E-state index in [1.807, 2.05) is 26.0 Å². The van der Waals surface area contributed by atoms with Gasteiger partial charge in [-0.2, -0.15) is 0 Å². The lowest BCUT2D eigenvalue weighted by Gasteiger charge is -2.07. The molecule has 0 unspecified atom stereocenters. The number of ether oxygens (including phenoxy) is 1. The summed E-state index contributed by atoms with van der Waals surface area (Å²) in [5.74, 6) is 0.464. The molecular formula is C20H22N2O3. The van der Waals surface area contributed by atoms with Crippen LogP contribution in [0.2, 0.25) is 0 Å². The Hall–Kier alpha value is -3.08. The quantitative estimate of drug-likeness (QED) is 0.458. The molecule has 0 spiro atoms. The number of hydrogen-bond donors (Lipinski definition) is 2. The van der Waals surface area contributed by atoms with Gasteiger partial charge < -0.3 is 16.2 Å². The van der Waals surface area contributed by atoms with Crippen molar-refractivity contribution in [3.05, 3.63) is 59.7 Å². The van der Waals surface area contributed by atoms with E-state index < -0.39 is 0 Å². The van der Waals surface area contributed by atoms with Gasteiger partial charge in [-0.15, -0.1) is 0 Å². The second-order valence-electron chi connectivity index (χ2n) is 6.02. The van der Waals surface area contributed by atoms with Gasteiger partial charge in [-0.3, -0.25) is 9.59 Å². The summed E-state index contributed by atoms with van der Waals surface area (Å²) in [4.78, 5) is 23.7. The van der Waals surface area contributed by atoms with E-state index in [0.29, 0.717) is 22.7 Å². The predicted molar refractivity (Wildman–Crippen MR) is 100 cm³/mol. The molecule has 0 amide bonds. The zero-order valence-electron chi connectivity index (χ0n) is 14.4. The van der Waals surface area contributed by atoms with Crippen molar-refractivity contribution in [3.8, 4) is 5.75 Å². The van der Waals surface area contributed by atoms with Gasteiger partial charge in [0.15, 0.2) is 11.6 Å². The molecule has 4 N–H and O–H groups in total. The maximum absolute atomic E-state index is 12.1. The Balaban J connectivity index is 1.98. The van der Waals surface area contributed by atoms with E-state index in [-0.39, 0.29) is 24.1 Å². The van der Waals surface area contributed by atoms with Crippen LogP contribution in [-0.4, -0.2) is 18.2 Å². The van der Waals surface area contributed by atoms with Gasteiger partial charge in [0.05, 0.1) is 11.4 Å². The maximum Gasteiger partial charge on any atom is 0.185 e. The highest BCUT2D eigenvalue weighted by Crippen LogP contribution is 2.18. The van der Waals surface area contributed by atoms with Crippen molar-refractivity contribution in [1.82, 2.24) is 0 Å². The highest BCUT2D eigenvalue weighted by atomic mass is 16.5. The molecule has 0 heterocycles. The van der Waals surface area contributed by atoms with Crippen molar-refractivity contribution in [1.29, 1.82) is 0 Å². The van der Waals surface area contributed by atoms with Crippen molar-refractivity contribution >= 4 is 29.0 Å². The average Bonchev–Trinajstić information content (AvgIpc) is 2.60. The zero-order valence-corrected chi connectivity index (χ0v) is 14.4. The summed E-state index contributed by atoms with van der Waals surface area (Å²) in [5, 5.41) is 0. The first-order valence-corrected chi connectivity index (χ1v) is 8.00. The molecule has 0 fully saturated rings. The molecule has 0 atom stereocenters. The third-order valence-corrected chi connectivity index (χ3v) is 3.70. The number of allylic oxidation sites excluding steroid dienone is 1. The molecule has 0 radical (unpaired) electrons. The van der Waals surface area contributed by atoms with Crippen LogP contribution in [-0.2, 0) is 4.79 Å². The first-order chi connectivity index (χ1) is 11.9. The van der Waals surface area contributed by atoms with Gasteiger partial charge in [-0.05, 0) is 42.0 Å². The molecule has 0 bridgehead atoms. The molecule has 2 aromatic rings. The number of anilines is 2. The summed E-state index contributed by atoms with van der Waals surface area (Å²) in [6.07, 6.45) is 3.18. The van der Waals surface area contributed by atoms with Crippen LogP contribution in [0.1, 0.15) is 29.8 Å². The van der Waals surface area contributed by atoms with Crippen LogP contribution in [0.4, 0.5) is 11.4 Å². The largest absolute Gasteiger partial charge is 0.486 e. The van der Waals surface area contributed by atoms with E-state index in [1.54, 1.807) is 36.4 Å². The molecule has 5 heteroatoms. The Morgan fingerprint density at radius 2 is 1.72 bits per heavy atom. The fourth-order valence-corrected chi connectivity index (χ4v) is 1.99. The van der Waals surface area contributed by atoms with E-state index in [4.69, 9.17) is 16.2 Å². The van der Waals surface area contributed by atoms with E-state index >= 15 is 0 Å². The number of ketones is 2. The summed E-state index contributed by atoms with van der Waals surface area (Å²) < 4.78 is 5.44. The summed E-state index contributed by atoms with van der Waals surface area (Å²) >= 11 is 0. The maximum atomic E-state index is 12.1. The fourth-order valence-electron chi connectivity index (χ4n) is 1.99. The molecular weight excluding hydrogens is 316 g/mol. The Kier molecular flexibility index (Phi) is 5.95. The van der Waals surface area contributed by atoms with E-state index in [0.717, 1.165) is 5.56 Å². The number of benzene rings is 2. The van der Waals surface area contributed by atoms with Crippen molar-refractivity contribution in [2.75, 3.05) is 18.1 Å². The summed E-state index contributed by atoms with van der Waals surface area (Å²) in [6, 6.07) is 12.0. The number of carbonyl (C=O) groups is 2. The van der Waals surface area contributed by atoms with E-state index in [1.165, 1.54) is 6.08 Å². The molecule has 0 saturated heterocycles. The number of rotatable bonds is 7. The minimum atomic E-state index is -0.158. The Bertz CT molecular complexity index is 793. The minimum absolute atomic E-state index is 0.0457. The van der Waals surface area contributed by atoms with Crippen LogP contribution in [0.15, 0.2) is 48.5 Å². The molecule has 2 rings (SSSR count). The molecule has 2 aromatic carbocycles. The number of nitrogen functional groups attached to an aromatic ring is 2. The molecule has 0 aliphatic carbocycles. The van der Waals surface area contributed by atoms with Crippen LogP contribution in [0.25, 0.3) is 6.08 Å². The smallest absolute Gasteiger partial charge is 0.185 e. The van der Waals surface area contributed by atoms with Gasteiger partial charge in [0, 0.05) is 11.5 Å². The van der Waals surface area contributed by atoms with E-state index in [9.17, 15) is 9.59 Å². The van der Waals surface area contributed by atoms with Crippen LogP contribution >= 0.6 is 0 Å². The summed E-state index contributed by atoms with van der Waals surface area (Å²) in [6.45, 7) is 3.74. The van der Waals surface area contributed by atoms with Crippen molar-refractivity contribution in [3.63, 3.8) is 0 Å². The lowest BCUT2D eigenvalue weighted by Crippen LogP contribution is -2.16. The second kappa shape index (κ2) is 8.15. The van der Waals surface area contributed by atoms with Crippen molar-refractivity contribution in [2.45, 2.75) is 13.8 Å². The first kappa shape index (κ1) is 18.3. The van der Waals surface area contributed by atoms with Gasteiger partial charge in [-0.1, -0.05) is 32.1 Å². The predicted octanol–water partition coefficient (Wildman–Crippen LogP) is 3.35. The van der Waals surface area contributed by atoms with Crippen molar-refractivity contribution < 1.29 is 14.3 Å². The van der Waals surface area contributed by atoms with Gasteiger partial charge in [0.1, 0.15) is 12.4 Å². The second-order valence-corrected chi connectivity index (χ2v) is 6.02. The number of Topliss-reactive ketones (excluding diaryl/α,β-unsaturated/α-hetero) is 1. The molecule has 25 heavy (non-hydrogen) atoms. The minimum Gasteiger partial charge on any atom is -0.486 e. The van der Waals surface area contributed by atoms with Gasteiger partial charge in [0.25, 0.3) is 0 Å². The van der Waals surface area contributed by atoms with Crippen LogP contribution < -0.4 is 16.2 Å². The molecule has 0 aliphatic rings. The average molecular weight is 338 g/mol. The molecule has 5 nitrogen and oxygen atoms in total. The Morgan fingerprint density at radius 1 is 1.04 bits per heavy atom. The van der Waals surface area contributed by atoms with E-state index in [2.05, 4.69) is 0 Å². The van der Waals surface area contributed by atoms with Gasteiger partial charge >= 0.3 is 0 Å². The first-order valence-electron chi connectivity index (χ1n) is 8.00. The normalized spacial score (nSPS) is 11.0. The number of carbonyl (C=O) groups excluding carboxylic acids is 2. The molecule has 0 saturated carbocycles. The van der Waals surface area contributed by atoms with Crippen LogP contribution in [0, 0.1) is 5.92 Å². The number of hydrogen-bond acceptors (Lipinski definition) is 5. The van der Waals surface area contributed by atoms with Crippen LogP contribution in [0.5, 0.6) is 5.75 Å². The third-order valence-electron chi connectivity index (χ3n) is 3.70. The number of nitrogens with two attached hydrogens (primary N) is 2. The molecule has 130 valence electrons. The highest BCUT2D eigenvalue weighted by Gasteiger charge is 2.08. The van der Waals surface area contributed by atoms with Gasteiger partial charge in [0.2, 0.25) is 0 Å². The summed E-state index contributed by atoms with van der Waals surface area (Å²) in [7, 11) is 0. The molecule has 0 aromatic heterocycles. The zero-order chi connectivity index (χ0) is 18.4. The standard InChI is InChI=1S/C20H22N2O3/c1-13(2)20(24)12-25-16-7-3-14(4-8-16)5-10-19(23)15-6-9-17(21)18(22)11-15/h3-11,13H,12,21-22H2,1-2H3/b10-5+. The van der Waals surface area contributed by atoms with Gasteiger partial charge in [-0.25, -0.2) is 0 Å². The van der Waals surface area contributed by atoms with Crippen LogP contribution in [0.3, 0.4) is 0 Å². The topological polar surface area (TPSA) is 95.4 Å². The lowest BCUT2D eigenvalue weighted by atomic mass is 10.1. The Labute approximate surface area is 147 Å². The Morgan fingerprint density at radius 3 is 2.32 bits per heavy atom. The summed E-state index contributed by atoms with van der Waals surface area (Å²) in [5.41, 5.74) is 13.5. The lowest BCUT2D eigenvalue weighted by molar-refractivity contribution is -0.123. The van der Waals surface area contributed by atoms with Crippen molar-refractivity contribution in [2.24, 2.45) is 5.92 Å². The highest BCUT2D eigenvalue weighted by molar-refractivity contribution is 6.07. The third kappa shape index (κ3) is 5.21.